The van der Waals surface area contributed by atoms with E-state index in [4.69, 9.17) is 16.3 Å². The lowest BCUT2D eigenvalue weighted by molar-refractivity contribution is 0.318. The van der Waals surface area contributed by atoms with Crippen molar-refractivity contribution < 1.29 is 4.74 Å². The van der Waals surface area contributed by atoms with Crippen LogP contribution in [0.25, 0.3) is 26.8 Å². The van der Waals surface area contributed by atoms with Crippen molar-refractivity contribution in [3.8, 4) is 0 Å². The van der Waals surface area contributed by atoms with Crippen LogP contribution in [0.15, 0.2) is 71.7 Å². The van der Waals surface area contributed by atoms with Gasteiger partial charge in [-0.15, -0.1) is 11.3 Å². The highest BCUT2D eigenvalue weighted by atomic mass is 32.1. The number of nitrogens with zero attached hydrogens (tertiary/aromatic N) is 3. The van der Waals surface area contributed by atoms with Crippen LogP contribution in [-0.2, 0) is 17.6 Å². The van der Waals surface area contributed by atoms with Crippen LogP contribution in [0.1, 0.15) is 41.5 Å². The van der Waals surface area contributed by atoms with Gasteiger partial charge in [0.15, 0.2) is 0 Å². The average Bonchev–Trinajstić information content (AvgIpc) is 3.27. The molecule has 0 N–H and O–H groups in total. The largest absolute Gasteiger partial charge is 0.462 e. The predicted octanol–water partition coefficient (Wildman–Crippen LogP) is 7.16. The number of allylic oxidation sites excluding steroid dienone is 5. The molecule has 0 saturated heterocycles. The average molecular weight is 464 g/mol. The summed E-state index contributed by atoms with van der Waals surface area (Å²) in [6.45, 7) is 12.2. The van der Waals surface area contributed by atoms with Crippen LogP contribution in [0.5, 0.6) is 0 Å². The number of para-hydroxylation sites is 1. The number of fused-ring (bicyclic) bond motifs is 1. The van der Waals surface area contributed by atoms with Gasteiger partial charge >= 0.3 is 0 Å². The molecule has 5 heteroatoms. The normalized spacial score (nSPS) is 18.8. The Morgan fingerprint density at radius 3 is 2.59 bits per heavy atom. The summed E-state index contributed by atoms with van der Waals surface area (Å²) in [5, 5.41) is 0.745. The molecule has 0 bridgehead atoms. The van der Waals surface area contributed by atoms with Gasteiger partial charge in [-0.1, -0.05) is 18.2 Å². The van der Waals surface area contributed by atoms with E-state index in [1.165, 1.54) is 48.3 Å². The lowest BCUT2D eigenvalue weighted by Gasteiger charge is -2.37. The molecule has 3 aliphatic rings. The van der Waals surface area contributed by atoms with Gasteiger partial charge in [-0.2, -0.15) is 0 Å². The van der Waals surface area contributed by atoms with Crippen LogP contribution in [0, 0.1) is 6.57 Å². The first-order valence-electron chi connectivity index (χ1n) is 11.8. The van der Waals surface area contributed by atoms with Gasteiger partial charge in [-0.25, -0.2) is 9.83 Å². The van der Waals surface area contributed by atoms with E-state index in [2.05, 4.69) is 28.0 Å². The van der Waals surface area contributed by atoms with E-state index in [0.717, 1.165) is 45.2 Å². The van der Waals surface area contributed by atoms with Crippen LogP contribution in [0.4, 0.5) is 5.69 Å². The quantitative estimate of drug-likeness (QED) is 0.386. The highest BCUT2D eigenvalue weighted by Gasteiger charge is 2.24. The summed E-state index contributed by atoms with van der Waals surface area (Å²) in [4.78, 5) is 11.1. The van der Waals surface area contributed by atoms with Gasteiger partial charge in [0, 0.05) is 18.8 Å². The molecule has 3 aliphatic heterocycles. The molecule has 0 spiro atoms. The molecule has 0 aliphatic carbocycles. The number of hydrogen-bond acceptors (Lipinski definition) is 4. The second-order valence-electron chi connectivity index (χ2n) is 9.02. The highest BCUT2D eigenvalue weighted by molar-refractivity contribution is 7.19. The fraction of sp³-hybridized carbons (Fsp3) is 0.241. The van der Waals surface area contributed by atoms with Crippen molar-refractivity contribution in [2.24, 2.45) is 0 Å². The van der Waals surface area contributed by atoms with Gasteiger partial charge in [0.1, 0.15) is 16.5 Å². The first kappa shape index (κ1) is 20.9. The molecule has 0 atom stereocenters. The Bertz CT molecular complexity index is 1400. The number of anilines is 1. The molecule has 0 radical (unpaired) electrons. The van der Waals surface area contributed by atoms with Crippen molar-refractivity contribution in [3.05, 3.63) is 105 Å². The molecule has 0 saturated carbocycles. The molecule has 2 aromatic carbocycles. The third-order valence-electron chi connectivity index (χ3n) is 6.61. The molecule has 6 rings (SSSR count). The molecule has 168 valence electrons. The number of hydrogen-bond donors (Lipinski definition) is 0. The molecule has 4 nitrogen and oxygen atoms in total. The minimum Gasteiger partial charge on any atom is -0.462 e. The Hall–Kier alpha value is -3.62. The fourth-order valence-corrected chi connectivity index (χ4v) is 6.17. The third-order valence-corrected chi connectivity index (χ3v) is 7.65. The highest BCUT2D eigenvalue weighted by Crippen LogP contribution is 2.37. The van der Waals surface area contributed by atoms with Gasteiger partial charge in [0.2, 0.25) is 5.70 Å². The van der Waals surface area contributed by atoms with Gasteiger partial charge in [0.25, 0.3) is 0 Å². The van der Waals surface area contributed by atoms with E-state index in [-0.39, 0.29) is 0 Å². The molecule has 1 aromatic heterocycles. The summed E-state index contributed by atoms with van der Waals surface area (Å²) < 4.78 is 7.09. The number of rotatable bonds is 3. The standard InChI is InChI=1S/C29H25N3OS/c1-19-15-23(27(30-2)29-31-25-9-3-4-10-26(25)34-29)18-24(33-19)12-11-20-16-21-7-5-13-32-14-6-8-22(17-20)28(21)32/h3-4,9-12,15-18H,5-8,13-14H2,1H3. The molecule has 3 aromatic rings. The van der Waals surface area contributed by atoms with Gasteiger partial charge < -0.3 is 9.64 Å². The van der Waals surface area contributed by atoms with Crippen LogP contribution in [-0.4, -0.2) is 18.1 Å². The number of aryl methyl sites for hydroxylation is 2. The monoisotopic (exact) mass is 463 g/mol. The molecular formula is C29H25N3OS. The van der Waals surface area contributed by atoms with Crippen LogP contribution < -0.4 is 4.90 Å². The summed E-state index contributed by atoms with van der Waals surface area (Å²) >= 11 is 1.56. The molecule has 34 heavy (non-hydrogen) atoms. The van der Waals surface area contributed by atoms with E-state index in [9.17, 15) is 0 Å². The molecule has 0 fully saturated rings. The predicted molar refractivity (Wildman–Crippen MR) is 140 cm³/mol. The van der Waals surface area contributed by atoms with Gasteiger partial charge in [-0.05, 0) is 97.4 Å². The number of benzene rings is 2. The lowest BCUT2D eigenvalue weighted by Crippen LogP contribution is -2.34. The maximum absolute atomic E-state index is 7.84. The van der Waals surface area contributed by atoms with Crippen molar-refractivity contribution >= 4 is 39.0 Å². The van der Waals surface area contributed by atoms with Crippen molar-refractivity contribution in [1.82, 2.24) is 4.98 Å². The second-order valence-corrected chi connectivity index (χ2v) is 10.1. The molecule has 0 amide bonds. The minimum atomic E-state index is 0.563. The van der Waals surface area contributed by atoms with E-state index < -0.39 is 0 Å². The van der Waals surface area contributed by atoms with Crippen LogP contribution in [0.3, 0.4) is 0 Å². The van der Waals surface area contributed by atoms with Gasteiger partial charge in [-0.3, -0.25) is 0 Å². The third kappa shape index (κ3) is 3.85. The van der Waals surface area contributed by atoms with E-state index in [0.29, 0.717) is 5.70 Å². The maximum Gasteiger partial charge on any atom is 0.229 e. The SMILES string of the molecule is [C-]#[N+]C(=C1C=C(C)OC(C=Cc2cc3c4c(c2)CCCN4CCC3)=C1)c1nc2ccccc2s1. The second kappa shape index (κ2) is 8.62. The Labute approximate surface area is 204 Å². The summed E-state index contributed by atoms with van der Waals surface area (Å²) in [5.41, 5.74) is 7.99. The lowest BCUT2D eigenvalue weighted by atomic mass is 9.90. The number of thiazole rings is 1. The van der Waals surface area contributed by atoms with E-state index >= 15 is 0 Å². The first-order chi connectivity index (χ1) is 16.7. The Balaban J connectivity index is 1.35. The fourth-order valence-electron chi connectivity index (χ4n) is 5.19. The summed E-state index contributed by atoms with van der Waals surface area (Å²) in [6, 6.07) is 12.7. The van der Waals surface area contributed by atoms with E-state index in [1.807, 2.05) is 49.4 Å². The maximum atomic E-state index is 7.84. The zero-order valence-corrected chi connectivity index (χ0v) is 20.0. The van der Waals surface area contributed by atoms with Crippen molar-refractivity contribution in [3.63, 3.8) is 0 Å². The number of ether oxygens (including phenoxy) is 1. The first-order valence-corrected chi connectivity index (χ1v) is 12.6. The smallest absolute Gasteiger partial charge is 0.229 e. The summed E-state index contributed by atoms with van der Waals surface area (Å²) in [5.74, 6) is 1.51. The Kier molecular flexibility index (Phi) is 5.31. The Morgan fingerprint density at radius 2 is 1.85 bits per heavy atom. The van der Waals surface area contributed by atoms with Gasteiger partial charge in [0.05, 0.1) is 16.8 Å². The molecule has 4 heterocycles. The number of aromatic nitrogens is 1. The van der Waals surface area contributed by atoms with E-state index in [1.54, 1.807) is 11.3 Å². The Morgan fingerprint density at radius 1 is 1.09 bits per heavy atom. The summed E-state index contributed by atoms with van der Waals surface area (Å²) in [6.07, 6.45) is 12.8. The molecular weight excluding hydrogens is 438 g/mol. The minimum absolute atomic E-state index is 0.563. The molecule has 0 unspecified atom stereocenters. The van der Waals surface area contributed by atoms with Crippen molar-refractivity contribution in [2.75, 3.05) is 18.0 Å². The van der Waals surface area contributed by atoms with Crippen molar-refractivity contribution in [1.29, 1.82) is 0 Å². The van der Waals surface area contributed by atoms with Crippen LogP contribution >= 0.6 is 11.3 Å². The topological polar surface area (TPSA) is 29.7 Å². The zero-order chi connectivity index (χ0) is 23.1. The zero-order valence-electron chi connectivity index (χ0n) is 19.2. The van der Waals surface area contributed by atoms with Crippen molar-refractivity contribution in [2.45, 2.75) is 32.6 Å². The van der Waals surface area contributed by atoms with Crippen LogP contribution in [0.2, 0.25) is 0 Å². The summed E-state index contributed by atoms with van der Waals surface area (Å²) in [7, 11) is 0.